The number of anilines is 1. The molecule has 0 saturated carbocycles. The molecule has 4 rings (SSSR count). The summed E-state index contributed by atoms with van der Waals surface area (Å²) in [4.78, 5) is 55.9. The molecule has 202 valence electrons. The molecule has 2 aliphatic heterocycles. The summed E-state index contributed by atoms with van der Waals surface area (Å²) in [7, 11) is 0. The number of hydrogen-bond donors (Lipinski definition) is 6. The molecule has 0 bridgehead atoms. The van der Waals surface area contributed by atoms with E-state index in [9.17, 15) is 29.4 Å². The van der Waals surface area contributed by atoms with Crippen LogP contribution >= 0.6 is 11.8 Å². The SMILES string of the molecule is CC1(C)S[C@@H]2C(NC(=O)C(NC(=O)CN=C(N)c3ccc(O)c(N)c3)c3ccccc3)C(=O)N2[C@H]1C(=O)O.[H-].[Na+]. The third-order valence-corrected chi connectivity index (χ3v) is 7.96. The van der Waals surface area contributed by atoms with E-state index in [0.29, 0.717) is 11.1 Å². The Morgan fingerprint density at radius 2 is 1.87 bits per heavy atom. The van der Waals surface area contributed by atoms with Gasteiger partial charge < -0.3 is 38.6 Å². The molecule has 3 amide bonds. The van der Waals surface area contributed by atoms with Gasteiger partial charge in [0.2, 0.25) is 17.7 Å². The summed E-state index contributed by atoms with van der Waals surface area (Å²) in [5.41, 5.74) is 12.6. The molecule has 39 heavy (non-hydrogen) atoms. The van der Waals surface area contributed by atoms with Gasteiger partial charge in [-0.1, -0.05) is 30.3 Å². The second kappa shape index (κ2) is 11.9. The fourth-order valence-corrected chi connectivity index (χ4v) is 6.12. The minimum absolute atomic E-state index is 0. The Kier molecular flexibility index (Phi) is 9.21. The number of fused-ring (bicyclic) bond motifs is 1. The van der Waals surface area contributed by atoms with E-state index in [0.717, 1.165) is 0 Å². The number of phenolic OH excluding ortho intramolecular Hbond substituents is 1. The Morgan fingerprint density at radius 3 is 2.49 bits per heavy atom. The zero-order chi connectivity index (χ0) is 27.8. The van der Waals surface area contributed by atoms with E-state index in [4.69, 9.17) is 11.5 Å². The molecule has 2 unspecified atom stereocenters. The van der Waals surface area contributed by atoms with Crippen molar-refractivity contribution >= 4 is 47.0 Å². The van der Waals surface area contributed by atoms with Crippen molar-refractivity contribution < 1.29 is 60.4 Å². The summed E-state index contributed by atoms with van der Waals surface area (Å²) >= 11 is 1.31. The number of amidine groups is 1. The molecular weight excluding hydrogens is 535 g/mol. The number of carboxylic acids is 1. The first-order chi connectivity index (χ1) is 17.9. The number of β-lactam (4-membered cyclic amide) rings is 1. The van der Waals surface area contributed by atoms with Crippen molar-refractivity contribution in [3.8, 4) is 5.75 Å². The molecule has 2 heterocycles. The number of nitrogen functional groups attached to an aromatic ring is 1. The summed E-state index contributed by atoms with van der Waals surface area (Å²) in [6.45, 7) is 3.09. The monoisotopic (exact) mass is 564 g/mol. The summed E-state index contributed by atoms with van der Waals surface area (Å²) in [6, 6.07) is 9.69. The molecule has 0 aliphatic carbocycles. The summed E-state index contributed by atoms with van der Waals surface area (Å²) in [5.74, 6) is -2.91. The normalized spacial score (nSPS) is 22.1. The van der Waals surface area contributed by atoms with Crippen LogP contribution < -0.4 is 51.7 Å². The van der Waals surface area contributed by atoms with Crippen LogP contribution in [0.5, 0.6) is 5.75 Å². The fraction of sp³-hybridized carbons (Fsp3) is 0.320. The number of carbonyl (C=O) groups excluding carboxylic acids is 3. The maximum atomic E-state index is 13.3. The molecule has 0 radical (unpaired) electrons. The second-order valence-corrected chi connectivity index (χ2v) is 11.2. The van der Waals surface area contributed by atoms with E-state index >= 15 is 0 Å². The van der Waals surface area contributed by atoms with Crippen LogP contribution in [0, 0.1) is 0 Å². The van der Waals surface area contributed by atoms with Gasteiger partial charge in [0.1, 0.15) is 41.6 Å². The molecule has 12 nitrogen and oxygen atoms in total. The van der Waals surface area contributed by atoms with Gasteiger partial charge in [-0.3, -0.25) is 19.4 Å². The van der Waals surface area contributed by atoms with Crippen LogP contribution in [0.2, 0.25) is 0 Å². The van der Waals surface area contributed by atoms with Crippen LogP contribution in [-0.4, -0.2) is 73.4 Å². The topological polar surface area (TPSA) is 200 Å². The van der Waals surface area contributed by atoms with Gasteiger partial charge in [-0.15, -0.1) is 11.8 Å². The van der Waals surface area contributed by atoms with Crippen molar-refractivity contribution in [1.82, 2.24) is 15.5 Å². The minimum Gasteiger partial charge on any atom is -1.00 e. The van der Waals surface area contributed by atoms with E-state index in [1.165, 1.54) is 34.9 Å². The predicted molar refractivity (Wildman–Crippen MR) is 142 cm³/mol. The zero-order valence-corrected chi connectivity index (χ0v) is 24.4. The van der Waals surface area contributed by atoms with E-state index in [1.807, 2.05) is 0 Å². The molecule has 8 N–H and O–H groups in total. The largest absolute Gasteiger partial charge is 1.00 e. The number of thioether (sulfide) groups is 1. The average Bonchev–Trinajstić information content (AvgIpc) is 3.14. The van der Waals surface area contributed by atoms with Crippen molar-refractivity contribution in [2.24, 2.45) is 10.7 Å². The molecule has 0 spiro atoms. The van der Waals surface area contributed by atoms with Crippen molar-refractivity contribution in [2.75, 3.05) is 12.3 Å². The number of rotatable bonds is 8. The number of aromatic hydroxyl groups is 1. The Bertz CT molecular complexity index is 1330. The third kappa shape index (κ3) is 6.16. The summed E-state index contributed by atoms with van der Waals surface area (Å²) < 4.78 is -0.737. The van der Waals surface area contributed by atoms with Gasteiger partial charge in [0.15, 0.2) is 0 Å². The average molecular weight is 565 g/mol. The quantitative estimate of drug-likeness (QED) is 0.0492. The van der Waals surface area contributed by atoms with Gasteiger partial charge in [-0.25, -0.2) is 4.79 Å². The molecule has 2 aromatic carbocycles. The van der Waals surface area contributed by atoms with Crippen molar-refractivity contribution in [2.45, 2.75) is 42.1 Å². The molecule has 2 aliphatic rings. The Hall–Kier alpha value is -3.26. The molecule has 2 fully saturated rings. The molecular formula is C25H29N6NaO6S. The van der Waals surface area contributed by atoms with Crippen LogP contribution in [0.25, 0.3) is 0 Å². The van der Waals surface area contributed by atoms with E-state index in [1.54, 1.807) is 44.2 Å². The number of aliphatic imine (C=N–C) groups is 1. The summed E-state index contributed by atoms with van der Waals surface area (Å²) in [5, 5.41) is 23.9. The number of nitrogens with zero attached hydrogens (tertiary/aromatic N) is 2. The standard InChI is InChI=1S/C25H28N6O6S.Na.H/c1-25(2)19(24(36)37)31-22(35)18(23(31)38-25)30-21(34)17(12-6-4-3-5-7-12)29-16(33)11-28-20(27)13-8-9-15(32)14(26)10-13;;/h3-10,17-19,23,32H,11,26H2,1-2H3,(H2,27,28)(H,29,33)(H,30,34)(H,36,37);;/q;+1;-1/t17?,18?,19-,23+;;/m0../s1. The predicted octanol–water partition coefficient (Wildman–Crippen LogP) is -2.71. The first kappa shape index (κ1) is 30.3. The molecule has 4 atom stereocenters. The third-order valence-electron chi connectivity index (χ3n) is 6.39. The Labute approximate surface area is 252 Å². The van der Waals surface area contributed by atoms with Crippen LogP contribution in [0.15, 0.2) is 53.5 Å². The number of benzene rings is 2. The smallest absolute Gasteiger partial charge is 1.00 e. The van der Waals surface area contributed by atoms with Gasteiger partial charge in [-0.05, 0) is 37.6 Å². The molecule has 2 saturated heterocycles. The van der Waals surface area contributed by atoms with Crippen molar-refractivity contribution in [1.29, 1.82) is 0 Å². The molecule has 2 aromatic rings. The number of hydrogen-bond acceptors (Lipinski definition) is 8. The fourth-order valence-electron chi connectivity index (χ4n) is 4.50. The second-order valence-electron chi connectivity index (χ2n) is 9.47. The number of carboxylic acid groups (broad SMARTS) is 1. The molecule has 14 heteroatoms. The zero-order valence-electron chi connectivity index (χ0n) is 22.6. The first-order valence-corrected chi connectivity index (χ1v) is 12.5. The number of amides is 3. The maximum absolute atomic E-state index is 13.3. The van der Waals surface area contributed by atoms with Crippen LogP contribution in [-0.2, 0) is 19.2 Å². The van der Waals surface area contributed by atoms with Crippen LogP contribution in [0.1, 0.15) is 32.4 Å². The number of phenols is 1. The van der Waals surface area contributed by atoms with Crippen molar-refractivity contribution in [3.63, 3.8) is 0 Å². The number of nitrogens with two attached hydrogens (primary N) is 2. The van der Waals surface area contributed by atoms with Gasteiger partial charge in [-0.2, -0.15) is 0 Å². The Morgan fingerprint density at radius 1 is 1.21 bits per heavy atom. The van der Waals surface area contributed by atoms with Gasteiger partial charge in [0.05, 0.1) is 5.69 Å². The maximum Gasteiger partial charge on any atom is 1.00 e. The number of nitrogens with one attached hydrogen (secondary N) is 2. The van der Waals surface area contributed by atoms with Gasteiger partial charge in [0, 0.05) is 10.3 Å². The summed E-state index contributed by atoms with van der Waals surface area (Å²) in [6.07, 6.45) is 0. The Balaban J connectivity index is 0.00000280. The minimum atomic E-state index is -1.14. The van der Waals surface area contributed by atoms with Crippen molar-refractivity contribution in [3.05, 3.63) is 59.7 Å². The van der Waals surface area contributed by atoms with Gasteiger partial charge in [0.25, 0.3) is 0 Å². The number of aliphatic carboxylic acids is 1. The number of carbonyl (C=O) groups is 4. The van der Waals surface area contributed by atoms with E-state index in [-0.39, 0.29) is 48.3 Å². The molecule has 0 aromatic heterocycles. The van der Waals surface area contributed by atoms with E-state index < -0.39 is 58.5 Å². The van der Waals surface area contributed by atoms with Crippen LogP contribution in [0.3, 0.4) is 0 Å². The van der Waals surface area contributed by atoms with Gasteiger partial charge >= 0.3 is 35.5 Å². The first-order valence-electron chi connectivity index (χ1n) is 11.7. The van der Waals surface area contributed by atoms with E-state index in [2.05, 4.69) is 15.6 Å². The van der Waals surface area contributed by atoms with Crippen LogP contribution in [0.4, 0.5) is 5.69 Å².